The van der Waals surface area contributed by atoms with E-state index in [4.69, 9.17) is 0 Å². The van der Waals surface area contributed by atoms with Gasteiger partial charge in [0.1, 0.15) is 11.6 Å². The van der Waals surface area contributed by atoms with Gasteiger partial charge in [0.05, 0.1) is 10.5 Å². The summed E-state index contributed by atoms with van der Waals surface area (Å²) in [4.78, 5) is 0. The van der Waals surface area contributed by atoms with E-state index in [0.29, 0.717) is 9.72 Å². The summed E-state index contributed by atoms with van der Waals surface area (Å²) in [7, 11) is 1.77. The van der Waals surface area contributed by atoms with Crippen molar-refractivity contribution in [2.45, 2.75) is 29.9 Å². The van der Waals surface area contributed by atoms with E-state index in [1.165, 1.54) is 12.1 Å². The Balaban J connectivity index is 2.39. The van der Waals surface area contributed by atoms with Gasteiger partial charge in [0.15, 0.2) is 0 Å². The summed E-state index contributed by atoms with van der Waals surface area (Å²) >= 11 is 6.88. The first-order valence-corrected chi connectivity index (χ1v) is 9.53. The van der Waals surface area contributed by atoms with E-state index in [1.807, 2.05) is 23.5 Å². The van der Waals surface area contributed by atoms with Gasteiger partial charge in [-0.3, -0.25) is 0 Å². The van der Waals surface area contributed by atoms with E-state index in [9.17, 15) is 8.78 Å². The van der Waals surface area contributed by atoms with Crippen LogP contribution in [-0.4, -0.2) is 29.1 Å². The molecule has 1 aliphatic heterocycles. The van der Waals surface area contributed by atoms with E-state index in [2.05, 4.69) is 28.2 Å². The van der Waals surface area contributed by atoms with Crippen LogP contribution in [-0.2, 0) is 0 Å². The summed E-state index contributed by atoms with van der Waals surface area (Å²) < 4.78 is 28.8. The second kappa shape index (κ2) is 7.47. The highest BCUT2D eigenvalue weighted by Gasteiger charge is 2.35. The molecule has 0 spiro atoms. The van der Waals surface area contributed by atoms with E-state index in [0.717, 1.165) is 17.9 Å². The van der Waals surface area contributed by atoms with Crippen molar-refractivity contribution in [1.82, 2.24) is 5.32 Å². The largest absolute Gasteiger partial charge is 0.312 e. The minimum absolute atomic E-state index is 0.153. The molecule has 0 bridgehead atoms. The molecule has 6 heteroatoms. The van der Waals surface area contributed by atoms with Crippen LogP contribution >= 0.6 is 39.5 Å². The standard InChI is InChI=1S/C14H18BrF2NS2/c1-3-10-14(20-7-6-19-10)13(18-2)11-9(16)5-4-8(15)12(11)17/h4-5,10,13-14,18H,3,6-7H2,1-2H3. The third-order valence-electron chi connectivity index (χ3n) is 3.52. The van der Waals surface area contributed by atoms with E-state index in [1.54, 1.807) is 7.05 Å². The Labute approximate surface area is 135 Å². The number of halogens is 3. The molecule has 0 aromatic heterocycles. The highest BCUT2D eigenvalue weighted by atomic mass is 79.9. The van der Waals surface area contributed by atoms with Crippen LogP contribution in [0.5, 0.6) is 0 Å². The lowest BCUT2D eigenvalue weighted by atomic mass is 9.99. The number of thioether (sulfide) groups is 2. The maximum atomic E-state index is 14.3. The first-order chi connectivity index (χ1) is 9.60. The first-order valence-electron chi connectivity index (χ1n) is 6.64. The summed E-state index contributed by atoms with van der Waals surface area (Å²) in [5, 5.41) is 3.73. The first kappa shape index (κ1) is 16.6. The van der Waals surface area contributed by atoms with Gasteiger partial charge < -0.3 is 5.32 Å². The molecule has 0 radical (unpaired) electrons. The van der Waals surface area contributed by atoms with Crippen molar-refractivity contribution >= 4 is 39.5 Å². The minimum atomic E-state index is -0.490. The predicted octanol–water partition coefficient (Wildman–Crippen LogP) is 4.62. The van der Waals surface area contributed by atoms with E-state index in [-0.39, 0.29) is 16.9 Å². The van der Waals surface area contributed by atoms with Crippen LogP contribution < -0.4 is 5.32 Å². The molecule has 20 heavy (non-hydrogen) atoms. The maximum Gasteiger partial charge on any atom is 0.145 e. The smallest absolute Gasteiger partial charge is 0.145 e. The fraction of sp³-hybridized carbons (Fsp3) is 0.571. The Morgan fingerprint density at radius 1 is 1.35 bits per heavy atom. The highest BCUT2D eigenvalue weighted by Crippen LogP contribution is 2.42. The van der Waals surface area contributed by atoms with Gasteiger partial charge in [-0.05, 0) is 41.5 Å². The quantitative estimate of drug-likeness (QED) is 0.764. The second-order valence-corrected chi connectivity index (χ2v) is 8.16. The van der Waals surface area contributed by atoms with Crippen molar-refractivity contribution in [3.05, 3.63) is 33.8 Å². The van der Waals surface area contributed by atoms with Gasteiger partial charge >= 0.3 is 0 Å². The monoisotopic (exact) mass is 381 g/mol. The third-order valence-corrected chi connectivity index (χ3v) is 7.49. The lowest BCUT2D eigenvalue weighted by Gasteiger charge is -2.36. The topological polar surface area (TPSA) is 12.0 Å². The zero-order valence-corrected chi connectivity index (χ0v) is 14.7. The van der Waals surface area contributed by atoms with Gasteiger partial charge in [-0.25, -0.2) is 8.78 Å². The lowest BCUT2D eigenvalue weighted by Crippen LogP contribution is -2.38. The van der Waals surface area contributed by atoms with Crippen LogP contribution in [0.15, 0.2) is 16.6 Å². The molecule has 1 nitrogen and oxygen atoms in total. The van der Waals surface area contributed by atoms with Crippen LogP contribution in [0.2, 0.25) is 0 Å². The number of hydrogen-bond donors (Lipinski definition) is 1. The van der Waals surface area contributed by atoms with Crippen LogP contribution in [0.1, 0.15) is 24.9 Å². The van der Waals surface area contributed by atoms with Crippen molar-refractivity contribution in [3.63, 3.8) is 0 Å². The Morgan fingerprint density at radius 3 is 2.70 bits per heavy atom. The molecule has 1 aliphatic rings. The van der Waals surface area contributed by atoms with Crippen molar-refractivity contribution in [3.8, 4) is 0 Å². The zero-order valence-electron chi connectivity index (χ0n) is 11.5. The lowest BCUT2D eigenvalue weighted by molar-refractivity contribution is 0.469. The van der Waals surface area contributed by atoms with Gasteiger partial charge in [-0.2, -0.15) is 23.5 Å². The second-order valence-electron chi connectivity index (χ2n) is 4.68. The Morgan fingerprint density at radius 2 is 2.05 bits per heavy atom. The number of benzene rings is 1. The molecule has 0 saturated carbocycles. The Hall–Kier alpha value is 0.220. The third kappa shape index (κ3) is 3.34. The molecule has 3 unspecified atom stereocenters. The van der Waals surface area contributed by atoms with Crippen molar-refractivity contribution < 1.29 is 8.78 Å². The minimum Gasteiger partial charge on any atom is -0.312 e. The van der Waals surface area contributed by atoms with E-state index < -0.39 is 11.6 Å². The molecule has 2 rings (SSSR count). The van der Waals surface area contributed by atoms with E-state index >= 15 is 0 Å². The number of nitrogens with one attached hydrogen (secondary N) is 1. The van der Waals surface area contributed by atoms with Crippen LogP contribution in [0.4, 0.5) is 8.78 Å². The molecule has 1 fully saturated rings. The summed E-state index contributed by atoms with van der Waals surface area (Å²) in [6, 6.07) is 2.44. The molecular formula is C14H18BrF2NS2. The summed E-state index contributed by atoms with van der Waals surface area (Å²) in [5.41, 5.74) is 0.153. The van der Waals surface area contributed by atoms with Crippen LogP contribution in [0, 0.1) is 11.6 Å². The normalized spacial score (nSPS) is 24.6. The molecule has 1 heterocycles. The molecule has 1 saturated heterocycles. The van der Waals surface area contributed by atoms with Gasteiger partial charge in [-0.15, -0.1) is 0 Å². The summed E-state index contributed by atoms with van der Waals surface area (Å²) in [5.74, 6) is 1.17. The van der Waals surface area contributed by atoms with Crippen molar-refractivity contribution in [2.24, 2.45) is 0 Å². The van der Waals surface area contributed by atoms with Crippen LogP contribution in [0.3, 0.4) is 0 Å². The summed E-state index contributed by atoms with van der Waals surface area (Å²) in [6.45, 7) is 2.14. The van der Waals surface area contributed by atoms with Crippen molar-refractivity contribution in [1.29, 1.82) is 0 Å². The van der Waals surface area contributed by atoms with Crippen LogP contribution in [0.25, 0.3) is 0 Å². The average Bonchev–Trinajstić information content (AvgIpc) is 2.47. The van der Waals surface area contributed by atoms with Gasteiger partial charge in [0, 0.05) is 27.6 Å². The fourth-order valence-corrected chi connectivity index (χ4v) is 6.16. The molecule has 0 amide bonds. The number of rotatable bonds is 4. The van der Waals surface area contributed by atoms with Gasteiger partial charge in [0.25, 0.3) is 0 Å². The van der Waals surface area contributed by atoms with Gasteiger partial charge in [-0.1, -0.05) is 6.92 Å². The Kier molecular flexibility index (Phi) is 6.20. The molecular weight excluding hydrogens is 364 g/mol. The maximum absolute atomic E-state index is 14.3. The molecule has 1 N–H and O–H groups in total. The molecule has 0 aliphatic carbocycles. The summed E-state index contributed by atoms with van der Waals surface area (Å²) in [6.07, 6.45) is 1.01. The molecule has 112 valence electrons. The Bertz CT molecular complexity index is 473. The molecule has 1 aromatic carbocycles. The van der Waals surface area contributed by atoms with Gasteiger partial charge in [0.2, 0.25) is 0 Å². The number of hydrogen-bond acceptors (Lipinski definition) is 3. The average molecular weight is 382 g/mol. The van der Waals surface area contributed by atoms with Crippen molar-refractivity contribution in [2.75, 3.05) is 18.6 Å². The fourth-order valence-electron chi connectivity index (χ4n) is 2.55. The SMILES string of the molecule is CCC1SCCSC1C(NC)c1c(F)ccc(Br)c1F. The molecule has 3 atom stereocenters. The predicted molar refractivity (Wildman–Crippen MR) is 88.6 cm³/mol. The molecule has 1 aromatic rings. The zero-order chi connectivity index (χ0) is 14.7. The highest BCUT2D eigenvalue weighted by molar-refractivity contribution is 9.10.